The molecule has 1 amide bonds. The van der Waals surface area contributed by atoms with Gasteiger partial charge in [0.2, 0.25) is 5.91 Å². The number of benzene rings is 1. The summed E-state index contributed by atoms with van der Waals surface area (Å²) in [6, 6.07) is 7.24. The van der Waals surface area contributed by atoms with Gasteiger partial charge in [0, 0.05) is 15.3 Å². The normalized spacial score (nSPS) is 16.4. The largest absolute Gasteiger partial charge is 0.272 e. The number of rotatable bonds is 5. The molecule has 3 aromatic rings. The van der Waals surface area contributed by atoms with Crippen LogP contribution in [0.3, 0.4) is 0 Å². The van der Waals surface area contributed by atoms with E-state index in [1.54, 1.807) is 36.0 Å². The Morgan fingerprint density at radius 2 is 2.21 bits per heavy atom. The molecule has 0 unspecified atom stereocenters. The SMILES string of the molecule is C[C@@H]1CCc2c(sc3ncnc(SCC(=O)N/N=C\c4ccc(Cl)cc4)c23)C1. The van der Waals surface area contributed by atoms with Crippen molar-refractivity contribution >= 4 is 57.0 Å². The van der Waals surface area contributed by atoms with E-state index in [0.717, 1.165) is 33.6 Å². The number of nitrogens with zero attached hydrogens (tertiary/aromatic N) is 3. The van der Waals surface area contributed by atoms with Crippen LogP contribution in [0.2, 0.25) is 5.02 Å². The van der Waals surface area contributed by atoms with Crippen LogP contribution in [-0.2, 0) is 17.6 Å². The number of thiophene rings is 1. The lowest BCUT2D eigenvalue weighted by Gasteiger charge is -2.18. The maximum atomic E-state index is 12.2. The minimum Gasteiger partial charge on any atom is -0.272 e. The number of hydrogen-bond donors (Lipinski definition) is 1. The van der Waals surface area contributed by atoms with Crippen molar-refractivity contribution in [2.75, 3.05) is 5.75 Å². The molecule has 1 N–H and O–H groups in total. The number of amides is 1. The molecule has 1 aliphatic carbocycles. The highest BCUT2D eigenvalue weighted by molar-refractivity contribution is 8.00. The zero-order valence-electron chi connectivity index (χ0n) is 15.3. The summed E-state index contributed by atoms with van der Waals surface area (Å²) in [5.41, 5.74) is 4.81. The quantitative estimate of drug-likeness (QED) is 0.275. The number of thioether (sulfide) groups is 1. The van der Waals surface area contributed by atoms with E-state index in [1.807, 2.05) is 12.1 Å². The first-order chi connectivity index (χ1) is 13.6. The average Bonchev–Trinajstić information content (AvgIpc) is 3.06. The summed E-state index contributed by atoms with van der Waals surface area (Å²) in [7, 11) is 0. The molecule has 144 valence electrons. The van der Waals surface area contributed by atoms with Crippen molar-refractivity contribution in [3.63, 3.8) is 0 Å². The second-order valence-corrected chi connectivity index (χ2v) is 9.33. The first-order valence-corrected chi connectivity index (χ1v) is 11.2. The second-order valence-electron chi connectivity index (χ2n) is 6.84. The van der Waals surface area contributed by atoms with Crippen LogP contribution in [0.5, 0.6) is 0 Å². The Kier molecular flexibility index (Phi) is 5.94. The van der Waals surface area contributed by atoms with E-state index >= 15 is 0 Å². The fraction of sp³-hybridized carbons (Fsp3) is 0.300. The number of carbonyl (C=O) groups excluding carboxylic acids is 1. The third-order valence-electron chi connectivity index (χ3n) is 4.67. The third kappa shape index (κ3) is 4.37. The summed E-state index contributed by atoms with van der Waals surface area (Å²) in [6.07, 6.45) is 6.55. The van der Waals surface area contributed by atoms with Gasteiger partial charge < -0.3 is 0 Å². The molecule has 1 aromatic carbocycles. The number of halogens is 1. The van der Waals surface area contributed by atoms with Crippen LogP contribution in [0.25, 0.3) is 10.2 Å². The zero-order chi connectivity index (χ0) is 19.5. The van der Waals surface area contributed by atoms with Crippen molar-refractivity contribution in [3.8, 4) is 0 Å². The molecule has 0 bridgehead atoms. The van der Waals surface area contributed by atoms with Crippen LogP contribution >= 0.6 is 34.7 Å². The number of aromatic nitrogens is 2. The highest BCUT2D eigenvalue weighted by Gasteiger charge is 2.23. The van der Waals surface area contributed by atoms with Crippen LogP contribution < -0.4 is 5.43 Å². The standard InChI is InChI=1S/C20H19ClN4OS2/c1-12-2-7-15-16(8-12)28-20-18(15)19(22-11-23-20)27-10-17(26)25-24-9-13-3-5-14(21)6-4-13/h3-6,9,11-12H,2,7-8,10H2,1H3,(H,25,26)/b24-9-/t12-/m1/s1. The minimum atomic E-state index is -0.167. The minimum absolute atomic E-state index is 0.167. The van der Waals surface area contributed by atoms with Gasteiger partial charge in [-0.25, -0.2) is 15.4 Å². The predicted octanol–water partition coefficient (Wildman–Crippen LogP) is 4.71. The smallest absolute Gasteiger partial charge is 0.250 e. The fourth-order valence-electron chi connectivity index (χ4n) is 3.25. The van der Waals surface area contributed by atoms with E-state index in [2.05, 4.69) is 27.4 Å². The predicted molar refractivity (Wildman–Crippen MR) is 117 cm³/mol. The van der Waals surface area contributed by atoms with Crippen molar-refractivity contribution < 1.29 is 4.79 Å². The second kappa shape index (κ2) is 8.59. The maximum absolute atomic E-state index is 12.2. The molecule has 0 saturated heterocycles. The molecule has 2 aromatic heterocycles. The van der Waals surface area contributed by atoms with Crippen LogP contribution in [0.15, 0.2) is 40.7 Å². The highest BCUT2D eigenvalue weighted by atomic mass is 35.5. The molecule has 0 fully saturated rings. The number of fused-ring (bicyclic) bond motifs is 3. The molecule has 5 nitrogen and oxygen atoms in total. The molecule has 1 atom stereocenters. The van der Waals surface area contributed by atoms with E-state index in [0.29, 0.717) is 10.9 Å². The van der Waals surface area contributed by atoms with Gasteiger partial charge in [0.25, 0.3) is 0 Å². The Balaban J connectivity index is 1.41. The third-order valence-corrected chi connectivity index (χ3v) is 7.07. The van der Waals surface area contributed by atoms with Crippen molar-refractivity contribution in [1.29, 1.82) is 0 Å². The fourth-order valence-corrected chi connectivity index (χ4v) is 5.61. The van der Waals surface area contributed by atoms with E-state index in [-0.39, 0.29) is 11.7 Å². The molecule has 2 heterocycles. The molecule has 0 saturated carbocycles. The zero-order valence-corrected chi connectivity index (χ0v) is 17.7. The Hall–Kier alpha value is -1.96. The molecule has 8 heteroatoms. The van der Waals surface area contributed by atoms with Gasteiger partial charge >= 0.3 is 0 Å². The van der Waals surface area contributed by atoms with Crippen LogP contribution in [0.4, 0.5) is 0 Å². The van der Waals surface area contributed by atoms with Crippen LogP contribution in [-0.4, -0.2) is 27.8 Å². The number of hydrogen-bond acceptors (Lipinski definition) is 6. The van der Waals surface area contributed by atoms with Gasteiger partial charge in [-0.1, -0.05) is 42.4 Å². The van der Waals surface area contributed by atoms with Crippen LogP contribution in [0.1, 0.15) is 29.3 Å². The summed E-state index contributed by atoms with van der Waals surface area (Å²) >= 11 is 9.06. The summed E-state index contributed by atoms with van der Waals surface area (Å²) in [5, 5.41) is 6.69. The van der Waals surface area contributed by atoms with Crippen molar-refractivity contribution in [3.05, 3.63) is 51.6 Å². The molecule has 0 radical (unpaired) electrons. The van der Waals surface area contributed by atoms with Crippen LogP contribution in [0, 0.1) is 5.92 Å². The van der Waals surface area contributed by atoms with Crippen molar-refractivity contribution in [2.24, 2.45) is 11.0 Å². The van der Waals surface area contributed by atoms with Crippen molar-refractivity contribution in [1.82, 2.24) is 15.4 Å². The first kappa shape index (κ1) is 19.4. The summed E-state index contributed by atoms with van der Waals surface area (Å²) in [6.45, 7) is 2.30. The van der Waals surface area contributed by atoms with Gasteiger partial charge in [0.1, 0.15) is 16.2 Å². The summed E-state index contributed by atoms with van der Waals surface area (Å²) < 4.78 is 0. The number of carbonyl (C=O) groups is 1. The van der Waals surface area contributed by atoms with Gasteiger partial charge in [-0.2, -0.15) is 5.10 Å². The topological polar surface area (TPSA) is 67.2 Å². The molecular formula is C20H19ClN4OS2. The van der Waals surface area contributed by atoms with Gasteiger partial charge in [-0.15, -0.1) is 11.3 Å². The number of aryl methyl sites for hydroxylation is 1. The number of nitrogens with one attached hydrogen (secondary N) is 1. The molecule has 0 spiro atoms. The Morgan fingerprint density at radius 3 is 3.04 bits per heavy atom. The lowest BCUT2D eigenvalue weighted by Crippen LogP contribution is -2.19. The Morgan fingerprint density at radius 1 is 1.39 bits per heavy atom. The number of hydrazone groups is 1. The van der Waals surface area contributed by atoms with Gasteiger partial charge in [0.05, 0.1) is 12.0 Å². The Labute approximate surface area is 176 Å². The van der Waals surface area contributed by atoms with Gasteiger partial charge in [-0.3, -0.25) is 4.79 Å². The lowest BCUT2D eigenvalue weighted by molar-refractivity contribution is -0.118. The summed E-state index contributed by atoms with van der Waals surface area (Å²) in [5.74, 6) is 0.805. The van der Waals surface area contributed by atoms with E-state index in [1.165, 1.54) is 28.6 Å². The highest BCUT2D eigenvalue weighted by Crippen LogP contribution is 2.40. The molecule has 4 rings (SSSR count). The van der Waals surface area contributed by atoms with Gasteiger partial charge in [0.15, 0.2) is 0 Å². The monoisotopic (exact) mass is 430 g/mol. The van der Waals surface area contributed by atoms with Gasteiger partial charge in [-0.05, 0) is 48.4 Å². The molecule has 0 aliphatic heterocycles. The molecular weight excluding hydrogens is 412 g/mol. The lowest BCUT2D eigenvalue weighted by atomic mass is 9.89. The van der Waals surface area contributed by atoms with E-state index in [4.69, 9.17) is 11.6 Å². The molecule has 28 heavy (non-hydrogen) atoms. The van der Waals surface area contributed by atoms with E-state index < -0.39 is 0 Å². The first-order valence-electron chi connectivity index (χ1n) is 9.05. The summed E-state index contributed by atoms with van der Waals surface area (Å²) in [4.78, 5) is 23.5. The average molecular weight is 431 g/mol. The van der Waals surface area contributed by atoms with E-state index in [9.17, 15) is 4.79 Å². The molecule has 1 aliphatic rings. The van der Waals surface area contributed by atoms with Crippen molar-refractivity contribution in [2.45, 2.75) is 31.2 Å². The maximum Gasteiger partial charge on any atom is 0.250 e. The Bertz CT molecular complexity index is 1030.